The first-order valence-electron chi connectivity index (χ1n) is 55.4. The van der Waals surface area contributed by atoms with Crippen LogP contribution in [-0.2, 0) is 47.3 Å². The standard InChI is InChI=1S/3C36H75O3P.2Co/c3*1-4-7-10-13-16-19-22-25-28-31-34-36(40(37,38)39,33-30-27-24-21-18-15-12-9-6-3)35-32-29-26-23-20-17-14-11-8-5-2;;/h3*4-35H2,1-3H3,(H2,37,38,39);;/q;;;2*+3/p-6. The minimum absolute atomic E-state index is 0. The van der Waals surface area contributed by atoms with Gasteiger partial charge in [0.1, 0.15) is 0 Å². The van der Waals surface area contributed by atoms with Crippen molar-refractivity contribution < 1.29 is 76.6 Å². The van der Waals surface area contributed by atoms with Crippen molar-refractivity contribution in [3.8, 4) is 0 Å². The molecule has 0 bridgehead atoms. The summed E-state index contributed by atoms with van der Waals surface area (Å²) in [7, 11) is -13.9. The van der Waals surface area contributed by atoms with Crippen molar-refractivity contribution in [3.63, 3.8) is 0 Å². The summed E-state index contributed by atoms with van der Waals surface area (Å²) < 4.78 is 38.3. The first-order chi connectivity index (χ1) is 58.3. The van der Waals surface area contributed by atoms with Gasteiger partial charge in [-0.25, -0.2) is 0 Å². The Morgan fingerprint density at radius 1 is 0.123 bits per heavy atom. The van der Waals surface area contributed by atoms with Gasteiger partial charge in [0.05, 0.1) is 0 Å². The molecule has 0 amide bonds. The van der Waals surface area contributed by atoms with Gasteiger partial charge in [-0.05, 0) is 73.3 Å². The molecule has 0 aliphatic heterocycles. The summed E-state index contributed by atoms with van der Waals surface area (Å²) in [6.07, 6.45) is 113. The predicted molar refractivity (Wildman–Crippen MR) is 525 cm³/mol. The molecule has 0 fully saturated rings. The molecule has 0 atom stereocenters. The third-order valence-electron chi connectivity index (χ3n) is 28.0. The molecule has 0 aromatic carbocycles. The van der Waals surface area contributed by atoms with Gasteiger partial charge in [-0.2, -0.15) is 0 Å². The Balaban J connectivity index is -0.000000556. The maximum atomic E-state index is 12.8. The molecule has 122 heavy (non-hydrogen) atoms. The van der Waals surface area contributed by atoms with Crippen LogP contribution < -0.4 is 29.4 Å². The molecule has 0 heterocycles. The molecule has 0 N–H and O–H groups in total. The number of rotatable bonds is 99. The third-order valence-corrected chi connectivity index (χ3v) is 33.5. The Morgan fingerprint density at radius 2 is 0.180 bits per heavy atom. The van der Waals surface area contributed by atoms with Crippen molar-refractivity contribution >= 4 is 22.8 Å². The molecule has 0 radical (unpaired) electrons. The van der Waals surface area contributed by atoms with E-state index in [-0.39, 0.29) is 33.6 Å². The van der Waals surface area contributed by atoms with Crippen molar-refractivity contribution in [2.24, 2.45) is 0 Å². The van der Waals surface area contributed by atoms with Crippen LogP contribution in [0.2, 0.25) is 0 Å². The van der Waals surface area contributed by atoms with Gasteiger partial charge in [0.15, 0.2) is 0 Å². The maximum Gasteiger partial charge on any atom is 3.00 e. The number of unbranched alkanes of at least 4 members (excludes halogenated alkanes) is 78. The Hall–Kier alpha value is 1.46. The summed E-state index contributed by atoms with van der Waals surface area (Å²) >= 11 is 0. The van der Waals surface area contributed by atoms with E-state index >= 15 is 0 Å². The van der Waals surface area contributed by atoms with Gasteiger partial charge in [0.2, 0.25) is 0 Å². The van der Waals surface area contributed by atoms with Crippen LogP contribution in [0.4, 0.5) is 0 Å². The Labute approximate surface area is 788 Å². The fourth-order valence-corrected chi connectivity index (χ4v) is 23.2. The fraction of sp³-hybridized carbons (Fsp3) is 1.00. The summed E-state index contributed by atoms with van der Waals surface area (Å²) in [5.74, 6) is 0. The van der Waals surface area contributed by atoms with E-state index in [2.05, 4.69) is 62.3 Å². The van der Waals surface area contributed by atoms with Crippen LogP contribution in [-0.4, -0.2) is 15.5 Å². The van der Waals surface area contributed by atoms with Crippen LogP contribution in [0.3, 0.4) is 0 Å². The molecule has 0 saturated heterocycles. The summed E-state index contributed by atoms with van der Waals surface area (Å²) in [5, 5.41) is -2.97. The van der Waals surface area contributed by atoms with Gasteiger partial charge in [-0.1, -0.05) is 644 Å². The molecule has 0 unspecified atom stereocenters. The fourth-order valence-electron chi connectivity index (χ4n) is 19.3. The van der Waals surface area contributed by atoms with E-state index in [1.165, 1.54) is 443 Å². The Kier molecular flexibility index (Phi) is 110. The molecule has 738 valence electrons. The SMILES string of the molecule is CCCCCCCCCCCCC(CCCCCCCCCCC)(CCCCCCCCCCCC)P(=O)([O-])[O-].CCCCCCCCCCCCC(CCCCCCCCCCC)(CCCCCCCCCCCC)P(=O)([O-])[O-].CCCCCCCCCCCCC(CCCCCCCCCCC)(CCCCCCCCCCCC)P(=O)([O-])[O-].[Co+3].[Co+3]. The third kappa shape index (κ3) is 86.8. The summed E-state index contributed by atoms with van der Waals surface area (Å²) in [6.45, 7) is 20.3. The van der Waals surface area contributed by atoms with E-state index in [4.69, 9.17) is 0 Å². The van der Waals surface area contributed by atoms with Crippen molar-refractivity contribution in [3.05, 3.63) is 0 Å². The van der Waals surface area contributed by atoms with Gasteiger partial charge in [0, 0.05) is 0 Å². The van der Waals surface area contributed by atoms with E-state index in [0.717, 1.165) is 116 Å². The van der Waals surface area contributed by atoms with Crippen LogP contribution in [0.5, 0.6) is 0 Å². The van der Waals surface area contributed by atoms with Crippen LogP contribution in [0.1, 0.15) is 679 Å². The number of hydrogen-bond donors (Lipinski definition) is 0. The van der Waals surface area contributed by atoms with Gasteiger partial charge in [0.25, 0.3) is 0 Å². The van der Waals surface area contributed by atoms with Crippen LogP contribution >= 0.6 is 22.8 Å². The topological polar surface area (TPSA) is 190 Å². The predicted octanol–water partition coefficient (Wildman–Crippen LogP) is 36.5. The minimum Gasteiger partial charge on any atom is -0.810 e. The normalized spacial score (nSPS) is 12.2. The van der Waals surface area contributed by atoms with Crippen molar-refractivity contribution in [2.45, 2.75) is 694 Å². The largest absolute Gasteiger partial charge is 3.00 e. The molecule has 0 spiro atoms. The molecule has 0 aromatic heterocycles. The summed E-state index contributed by atoms with van der Waals surface area (Å²) in [4.78, 5) is 76.6. The van der Waals surface area contributed by atoms with Gasteiger partial charge < -0.3 is 43.1 Å². The average Bonchev–Trinajstić information content (AvgIpc) is 0.819. The van der Waals surface area contributed by atoms with Crippen molar-refractivity contribution in [1.29, 1.82) is 0 Å². The van der Waals surface area contributed by atoms with E-state index in [0.29, 0.717) is 57.8 Å². The minimum atomic E-state index is -4.64. The Bertz CT molecular complexity index is 1800. The van der Waals surface area contributed by atoms with E-state index < -0.39 is 38.3 Å². The molecule has 0 aliphatic rings. The molecule has 0 aromatic rings. The zero-order chi connectivity index (χ0) is 88.9. The first kappa shape index (κ1) is 132. The Morgan fingerprint density at radius 3 is 0.238 bits per heavy atom. The van der Waals surface area contributed by atoms with E-state index in [1.54, 1.807) is 0 Å². The quantitative estimate of drug-likeness (QED) is 0.0421. The molecule has 14 heteroatoms. The zero-order valence-electron chi connectivity index (χ0n) is 84.1. The summed E-state index contributed by atoms with van der Waals surface area (Å²) in [6, 6.07) is 0. The van der Waals surface area contributed by atoms with E-state index in [1.807, 2.05) is 0 Å². The zero-order valence-corrected chi connectivity index (χ0v) is 88.8. The van der Waals surface area contributed by atoms with Gasteiger partial charge >= 0.3 is 33.6 Å². The van der Waals surface area contributed by atoms with E-state index in [9.17, 15) is 43.1 Å². The maximum absolute atomic E-state index is 12.8. The van der Waals surface area contributed by atoms with Crippen molar-refractivity contribution in [2.75, 3.05) is 0 Å². The average molecular weight is 1870 g/mol. The van der Waals surface area contributed by atoms with Crippen LogP contribution in [0.15, 0.2) is 0 Å². The second-order valence-electron chi connectivity index (χ2n) is 39.5. The molecule has 9 nitrogen and oxygen atoms in total. The number of hydrogen-bond acceptors (Lipinski definition) is 9. The monoisotopic (exact) mass is 1870 g/mol. The molecular weight excluding hydrogens is 1650 g/mol. The van der Waals surface area contributed by atoms with Crippen LogP contribution in [0.25, 0.3) is 0 Å². The second-order valence-corrected chi connectivity index (χ2v) is 45.3. The van der Waals surface area contributed by atoms with Gasteiger partial charge in [-0.15, -0.1) is 0 Å². The molecule has 0 rings (SSSR count). The van der Waals surface area contributed by atoms with Crippen molar-refractivity contribution in [1.82, 2.24) is 0 Å². The van der Waals surface area contributed by atoms with Crippen LogP contribution in [0, 0.1) is 0 Å². The first-order valence-corrected chi connectivity index (χ1v) is 60.0. The molecule has 0 saturated carbocycles. The molecular formula is C108H219Co2O9P3. The second kappa shape index (κ2) is 101. The van der Waals surface area contributed by atoms with Gasteiger partial charge in [-0.3, -0.25) is 0 Å². The summed E-state index contributed by atoms with van der Waals surface area (Å²) in [5.41, 5.74) is 0. The molecule has 0 aliphatic carbocycles. The smallest absolute Gasteiger partial charge is 0.810 e.